The predicted molar refractivity (Wildman–Crippen MR) is 92.0 cm³/mol. The molecule has 2 nitrogen and oxygen atoms in total. The Bertz CT molecular complexity index is 628. The smallest absolute Gasteiger partial charge is 0.0619 e. The molecule has 4 heteroatoms. The van der Waals surface area contributed by atoms with Crippen molar-refractivity contribution in [3.8, 4) is 0 Å². The van der Waals surface area contributed by atoms with Crippen molar-refractivity contribution in [3.63, 3.8) is 0 Å². The summed E-state index contributed by atoms with van der Waals surface area (Å²) in [6, 6.07) is 15.4. The molecule has 2 aromatic carbocycles. The van der Waals surface area contributed by atoms with E-state index in [1.165, 1.54) is 21.8 Å². The zero-order valence-electron chi connectivity index (χ0n) is 11.6. The van der Waals surface area contributed by atoms with Gasteiger partial charge in [-0.15, -0.1) is 11.8 Å². The number of fused-ring (bicyclic) bond motifs is 1. The van der Waals surface area contributed by atoms with Crippen LogP contribution in [0.15, 0.2) is 51.8 Å². The van der Waals surface area contributed by atoms with E-state index in [0.29, 0.717) is 6.04 Å². The van der Waals surface area contributed by atoms with Crippen molar-refractivity contribution in [2.45, 2.75) is 10.9 Å². The molecule has 0 spiro atoms. The van der Waals surface area contributed by atoms with Crippen LogP contribution in [0.2, 0.25) is 0 Å². The fraction of sp³-hybridized carbons (Fsp3) is 0.250. The summed E-state index contributed by atoms with van der Waals surface area (Å²) < 4.78 is 1.10. The first-order valence-electron chi connectivity index (χ1n) is 6.60. The molecule has 0 bridgehead atoms. The Labute approximate surface area is 132 Å². The Morgan fingerprint density at radius 1 is 1.20 bits per heavy atom. The van der Waals surface area contributed by atoms with Gasteiger partial charge in [0.15, 0.2) is 0 Å². The van der Waals surface area contributed by atoms with Crippen LogP contribution in [0.1, 0.15) is 11.6 Å². The molecule has 2 aromatic rings. The molecule has 0 radical (unpaired) electrons. The van der Waals surface area contributed by atoms with E-state index in [-0.39, 0.29) is 0 Å². The fourth-order valence-corrected chi connectivity index (χ4v) is 4.01. The number of nitrogens with zero attached hydrogens (tertiary/aromatic N) is 1. The van der Waals surface area contributed by atoms with Gasteiger partial charge < -0.3 is 10.2 Å². The van der Waals surface area contributed by atoms with E-state index in [1.54, 1.807) is 0 Å². The average Bonchev–Trinajstić information content (AvgIpc) is 2.82. The first-order valence-corrected chi connectivity index (χ1v) is 8.38. The molecule has 0 aliphatic carbocycles. The van der Waals surface area contributed by atoms with Crippen molar-refractivity contribution in [3.05, 3.63) is 52.5 Å². The van der Waals surface area contributed by atoms with Gasteiger partial charge in [-0.05, 0) is 29.8 Å². The van der Waals surface area contributed by atoms with Gasteiger partial charge in [-0.25, -0.2) is 0 Å². The molecule has 104 valence electrons. The first-order chi connectivity index (χ1) is 9.65. The second-order valence-electron chi connectivity index (χ2n) is 5.10. The predicted octanol–water partition coefficient (Wildman–Crippen LogP) is 4.77. The first kappa shape index (κ1) is 13.8. The van der Waals surface area contributed by atoms with Gasteiger partial charge in [0, 0.05) is 29.2 Å². The highest BCUT2D eigenvalue weighted by Crippen LogP contribution is 2.41. The molecular weight excluding hydrogens is 332 g/mol. The number of thioether (sulfide) groups is 1. The van der Waals surface area contributed by atoms with E-state index < -0.39 is 0 Å². The zero-order chi connectivity index (χ0) is 14.1. The lowest BCUT2D eigenvalue weighted by molar-refractivity contribution is 0.898. The van der Waals surface area contributed by atoms with Crippen LogP contribution in [0.25, 0.3) is 0 Å². The topological polar surface area (TPSA) is 15.3 Å². The van der Waals surface area contributed by atoms with Gasteiger partial charge in [0.05, 0.1) is 17.4 Å². The highest BCUT2D eigenvalue weighted by atomic mass is 79.9. The third-order valence-corrected chi connectivity index (χ3v) is 5.15. The van der Waals surface area contributed by atoms with E-state index in [9.17, 15) is 0 Å². The maximum Gasteiger partial charge on any atom is 0.0619 e. The molecule has 3 rings (SSSR count). The van der Waals surface area contributed by atoms with Crippen LogP contribution in [-0.2, 0) is 0 Å². The summed E-state index contributed by atoms with van der Waals surface area (Å²) >= 11 is 5.49. The van der Waals surface area contributed by atoms with Gasteiger partial charge in [-0.1, -0.05) is 34.1 Å². The number of hydrogen-bond donors (Lipinski definition) is 1. The number of rotatable bonds is 3. The van der Waals surface area contributed by atoms with Gasteiger partial charge in [0.25, 0.3) is 0 Å². The van der Waals surface area contributed by atoms with E-state index in [1.807, 2.05) is 11.8 Å². The number of anilines is 2. The molecule has 1 N–H and O–H groups in total. The highest BCUT2D eigenvalue weighted by molar-refractivity contribution is 9.10. The molecule has 20 heavy (non-hydrogen) atoms. The van der Waals surface area contributed by atoms with Crippen LogP contribution < -0.4 is 10.2 Å². The summed E-state index contributed by atoms with van der Waals surface area (Å²) in [4.78, 5) is 3.54. The number of nitrogens with one attached hydrogen (secondary N) is 1. The van der Waals surface area contributed by atoms with Crippen LogP contribution in [0.3, 0.4) is 0 Å². The molecule has 0 amide bonds. The van der Waals surface area contributed by atoms with Crippen molar-refractivity contribution >= 4 is 39.1 Å². The molecule has 1 aliphatic heterocycles. The summed E-state index contributed by atoms with van der Waals surface area (Å²) in [5.74, 6) is 1.08. The van der Waals surface area contributed by atoms with Gasteiger partial charge >= 0.3 is 0 Å². The maximum absolute atomic E-state index is 3.70. The van der Waals surface area contributed by atoms with Crippen molar-refractivity contribution in [1.82, 2.24) is 0 Å². The molecule has 1 aliphatic rings. The average molecular weight is 349 g/mol. The SMILES string of the molecule is CN(C)c1ccc(Br)cc1NC1CSc2ccccc21. The van der Waals surface area contributed by atoms with E-state index >= 15 is 0 Å². The minimum absolute atomic E-state index is 0.379. The van der Waals surface area contributed by atoms with E-state index in [0.717, 1.165) is 10.2 Å². The summed E-state index contributed by atoms with van der Waals surface area (Å²) in [5.41, 5.74) is 3.79. The number of benzene rings is 2. The summed E-state index contributed by atoms with van der Waals surface area (Å²) in [6.45, 7) is 0. The van der Waals surface area contributed by atoms with Crippen LogP contribution >= 0.6 is 27.7 Å². The van der Waals surface area contributed by atoms with Gasteiger partial charge in [0.1, 0.15) is 0 Å². The van der Waals surface area contributed by atoms with E-state index in [2.05, 4.69) is 82.7 Å². The molecule has 1 heterocycles. The fourth-order valence-electron chi connectivity index (χ4n) is 2.48. The van der Waals surface area contributed by atoms with Gasteiger partial charge in [0.2, 0.25) is 0 Å². The Morgan fingerprint density at radius 3 is 2.80 bits per heavy atom. The van der Waals surface area contributed by atoms with Crippen molar-refractivity contribution < 1.29 is 0 Å². The maximum atomic E-state index is 3.70. The molecule has 1 unspecified atom stereocenters. The molecule has 1 atom stereocenters. The quantitative estimate of drug-likeness (QED) is 0.859. The largest absolute Gasteiger partial charge is 0.376 e. The molecule has 0 saturated heterocycles. The lowest BCUT2D eigenvalue weighted by Gasteiger charge is -2.22. The minimum atomic E-state index is 0.379. The Hall–Kier alpha value is -1.13. The van der Waals surface area contributed by atoms with E-state index in [4.69, 9.17) is 0 Å². The lowest BCUT2D eigenvalue weighted by atomic mass is 10.1. The van der Waals surface area contributed by atoms with Gasteiger partial charge in [-0.2, -0.15) is 0 Å². The van der Waals surface area contributed by atoms with Crippen LogP contribution in [-0.4, -0.2) is 19.8 Å². The molecule has 0 saturated carbocycles. The number of hydrogen-bond acceptors (Lipinski definition) is 3. The minimum Gasteiger partial charge on any atom is -0.376 e. The molecular formula is C16H17BrN2S. The summed E-state index contributed by atoms with van der Waals surface area (Å²) in [7, 11) is 4.15. The van der Waals surface area contributed by atoms with Crippen LogP contribution in [0, 0.1) is 0 Å². The summed E-state index contributed by atoms with van der Waals surface area (Å²) in [6.07, 6.45) is 0. The van der Waals surface area contributed by atoms with Crippen LogP contribution in [0.4, 0.5) is 11.4 Å². The van der Waals surface area contributed by atoms with Crippen molar-refractivity contribution in [2.75, 3.05) is 30.1 Å². The second-order valence-corrected chi connectivity index (χ2v) is 7.08. The standard InChI is InChI=1S/C16H17BrN2S/c1-19(2)15-8-7-11(17)9-13(15)18-14-10-20-16-6-4-3-5-12(14)16/h3-9,14,18H,10H2,1-2H3. The Kier molecular flexibility index (Phi) is 3.94. The highest BCUT2D eigenvalue weighted by Gasteiger charge is 2.23. The third-order valence-electron chi connectivity index (χ3n) is 3.47. The normalized spacial score (nSPS) is 16.9. The molecule has 0 fully saturated rings. The number of halogens is 1. The van der Waals surface area contributed by atoms with Crippen molar-refractivity contribution in [1.29, 1.82) is 0 Å². The Morgan fingerprint density at radius 2 is 2.00 bits per heavy atom. The molecule has 0 aromatic heterocycles. The van der Waals surface area contributed by atoms with Gasteiger partial charge in [-0.3, -0.25) is 0 Å². The lowest BCUT2D eigenvalue weighted by Crippen LogP contribution is -2.15. The second kappa shape index (κ2) is 5.70. The Balaban J connectivity index is 1.91. The summed E-state index contributed by atoms with van der Waals surface area (Å²) in [5, 5.41) is 3.70. The van der Waals surface area contributed by atoms with Crippen LogP contribution in [0.5, 0.6) is 0 Å². The monoisotopic (exact) mass is 348 g/mol. The third kappa shape index (κ3) is 2.67. The zero-order valence-corrected chi connectivity index (χ0v) is 14.0. The van der Waals surface area contributed by atoms with Crippen molar-refractivity contribution in [2.24, 2.45) is 0 Å².